The summed E-state index contributed by atoms with van der Waals surface area (Å²) < 4.78 is 0. The van der Waals surface area contributed by atoms with E-state index in [2.05, 4.69) is 36.3 Å². The number of likely N-dealkylation sites (tertiary alicyclic amines) is 1. The number of carbonyl (C=O) groups is 2. The highest BCUT2D eigenvalue weighted by atomic mass is 127. The number of hydrogen-bond acceptors (Lipinski definition) is 3. The minimum absolute atomic E-state index is 0. The van der Waals surface area contributed by atoms with E-state index in [1.165, 1.54) is 12.8 Å². The Morgan fingerprint density at radius 3 is 2.61 bits per heavy atom. The number of aliphatic imine (C=N–C) groups is 1. The molecule has 2 amide bonds. The topological polar surface area (TPSA) is 77.0 Å². The summed E-state index contributed by atoms with van der Waals surface area (Å²) in [6.45, 7) is 11.4. The Morgan fingerprint density at radius 2 is 1.97 bits per heavy atom. The van der Waals surface area contributed by atoms with E-state index in [1.807, 2.05) is 24.3 Å². The highest BCUT2D eigenvalue weighted by Gasteiger charge is 2.25. The van der Waals surface area contributed by atoms with Crippen molar-refractivity contribution < 1.29 is 9.59 Å². The molecule has 0 aromatic heterocycles. The number of hydrogen-bond donors (Lipinski definition) is 2. The number of amides is 2. The fourth-order valence-corrected chi connectivity index (χ4v) is 4.22. The number of piperazine rings is 1. The van der Waals surface area contributed by atoms with E-state index in [0.29, 0.717) is 25.2 Å². The summed E-state index contributed by atoms with van der Waals surface area (Å²) in [4.78, 5) is 32.9. The zero-order valence-corrected chi connectivity index (χ0v) is 21.2. The van der Waals surface area contributed by atoms with Crippen LogP contribution in [0.4, 0.5) is 0 Å². The van der Waals surface area contributed by atoms with Gasteiger partial charge in [0.1, 0.15) is 0 Å². The molecule has 2 aliphatic rings. The lowest BCUT2D eigenvalue weighted by molar-refractivity contribution is -0.123. The van der Waals surface area contributed by atoms with Crippen LogP contribution in [0.3, 0.4) is 0 Å². The summed E-state index contributed by atoms with van der Waals surface area (Å²) in [5.41, 5.74) is 1.68. The lowest BCUT2D eigenvalue weighted by atomic mass is 9.97. The Labute approximate surface area is 203 Å². The molecule has 1 aromatic rings. The second kappa shape index (κ2) is 12.3. The molecule has 0 bridgehead atoms. The molecule has 3 rings (SSSR count). The molecule has 2 heterocycles. The zero-order chi connectivity index (χ0) is 21.5. The first-order valence-electron chi connectivity index (χ1n) is 11.1. The van der Waals surface area contributed by atoms with E-state index in [0.717, 1.165) is 43.0 Å². The lowest BCUT2D eigenvalue weighted by Gasteiger charge is -2.26. The number of benzene rings is 1. The maximum atomic E-state index is 12.6. The highest BCUT2D eigenvalue weighted by Crippen LogP contribution is 2.23. The van der Waals surface area contributed by atoms with Gasteiger partial charge in [-0.25, -0.2) is 4.99 Å². The van der Waals surface area contributed by atoms with Crippen LogP contribution < -0.4 is 10.6 Å². The van der Waals surface area contributed by atoms with Crippen molar-refractivity contribution in [2.75, 3.05) is 39.3 Å². The van der Waals surface area contributed by atoms with E-state index in [-0.39, 0.29) is 42.3 Å². The van der Waals surface area contributed by atoms with Gasteiger partial charge in [0, 0.05) is 38.3 Å². The van der Waals surface area contributed by atoms with E-state index >= 15 is 0 Å². The monoisotopic (exact) mass is 541 g/mol. The largest absolute Gasteiger partial charge is 0.357 e. The van der Waals surface area contributed by atoms with Crippen molar-refractivity contribution in [2.24, 2.45) is 16.8 Å². The molecular weight excluding hydrogens is 505 g/mol. The van der Waals surface area contributed by atoms with Gasteiger partial charge in [-0.3, -0.25) is 9.59 Å². The molecule has 2 fully saturated rings. The molecule has 8 heteroatoms. The Kier molecular flexibility index (Phi) is 10.1. The molecule has 0 saturated carbocycles. The number of nitrogens with zero attached hydrogens (tertiary/aromatic N) is 3. The van der Waals surface area contributed by atoms with Crippen LogP contribution in [-0.2, 0) is 11.3 Å². The predicted octanol–water partition coefficient (Wildman–Crippen LogP) is 2.71. The van der Waals surface area contributed by atoms with E-state index in [1.54, 1.807) is 4.90 Å². The molecule has 1 unspecified atom stereocenters. The molecular formula is C23H36IN5O2. The number of halogens is 1. The minimum Gasteiger partial charge on any atom is -0.357 e. The van der Waals surface area contributed by atoms with Gasteiger partial charge in [0.25, 0.3) is 5.91 Å². The third-order valence-electron chi connectivity index (χ3n) is 5.66. The van der Waals surface area contributed by atoms with Crippen molar-refractivity contribution >= 4 is 41.8 Å². The summed E-state index contributed by atoms with van der Waals surface area (Å²) in [5, 5.41) is 6.17. The van der Waals surface area contributed by atoms with Crippen molar-refractivity contribution in [1.82, 2.24) is 20.4 Å². The van der Waals surface area contributed by atoms with Gasteiger partial charge in [0.2, 0.25) is 5.91 Å². The average molecular weight is 541 g/mol. The van der Waals surface area contributed by atoms with Gasteiger partial charge in [-0.2, -0.15) is 0 Å². The van der Waals surface area contributed by atoms with Crippen LogP contribution in [-0.4, -0.2) is 66.8 Å². The van der Waals surface area contributed by atoms with Crippen molar-refractivity contribution in [2.45, 2.75) is 40.2 Å². The first-order chi connectivity index (χ1) is 14.5. The fraction of sp³-hybridized carbons (Fsp3) is 0.609. The molecule has 0 radical (unpaired) electrons. The number of rotatable bonds is 6. The molecule has 31 heavy (non-hydrogen) atoms. The molecule has 172 valence electrons. The Morgan fingerprint density at radius 1 is 1.23 bits per heavy atom. The third kappa shape index (κ3) is 7.36. The van der Waals surface area contributed by atoms with Gasteiger partial charge in [0.15, 0.2) is 5.96 Å². The molecule has 1 atom stereocenters. The van der Waals surface area contributed by atoms with Crippen LogP contribution >= 0.6 is 24.0 Å². The second-order valence-corrected chi connectivity index (χ2v) is 8.67. The van der Waals surface area contributed by atoms with Gasteiger partial charge in [-0.15, -0.1) is 24.0 Å². The van der Waals surface area contributed by atoms with Crippen molar-refractivity contribution in [3.05, 3.63) is 35.4 Å². The van der Waals surface area contributed by atoms with Crippen molar-refractivity contribution in [1.29, 1.82) is 0 Å². The first kappa shape index (κ1) is 25.4. The van der Waals surface area contributed by atoms with Crippen LogP contribution in [0.25, 0.3) is 0 Å². The van der Waals surface area contributed by atoms with Gasteiger partial charge in [-0.05, 0) is 49.3 Å². The van der Waals surface area contributed by atoms with Gasteiger partial charge in [-0.1, -0.05) is 26.0 Å². The second-order valence-electron chi connectivity index (χ2n) is 8.67. The molecule has 2 N–H and O–H groups in total. The predicted molar refractivity (Wildman–Crippen MR) is 135 cm³/mol. The Balaban J connectivity index is 0.00000341. The van der Waals surface area contributed by atoms with E-state index < -0.39 is 0 Å². The van der Waals surface area contributed by atoms with Crippen molar-refractivity contribution in [3.63, 3.8) is 0 Å². The molecule has 1 aromatic carbocycles. The van der Waals surface area contributed by atoms with Crippen LogP contribution in [0, 0.1) is 11.8 Å². The maximum absolute atomic E-state index is 12.6. The molecule has 2 aliphatic heterocycles. The molecule has 7 nitrogen and oxygen atoms in total. The van der Waals surface area contributed by atoms with Gasteiger partial charge >= 0.3 is 0 Å². The van der Waals surface area contributed by atoms with E-state index in [4.69, 9.17) is 4.99 Å². The summed E-state index contributed by atoms with van der Waals surface area (Å²) >= 11 is 0. The van der Waals surface area contributed by atoms with Gasteiger partial charge in [0.05, 0.1) is 13.1 Å². The number of guanidine groups is 1. The summed E-state index contributed by atoms with van der Waals surface area (Å²) in [5.74, 6) is 2.25. The van der Waals surface area contributed by atoms with E-state index in [9.17, 15) is 9.59 Å². The summed E-state index contributed by atoms with van der Waals surface area (Å²) in [7, 11) is 0. The van der Waals surface area contributed by atoms with Crippen LogP contribution in [0.1, 0.15) is 49.5 Å². The van der Waals surface area contributed by atoms with Crippen molar-refractivity contribution in [3.8, 4) is 0 Å². The SMILES string of the molecule is CCNC(=NCc1ccc(C(=O)N2CCNC(=O)C2)cc1)N1CCC(CC(C)C)C1.I. The smallest absolute Gasteiger partial charge is 0.254 e. The lowest BCUT2D eigenvalue weighted by Crippen LogP contribution is -2.49. The van der Waals surface area contributed by atoms with Crippen LogP contribution in [0.15, 0.2) is 29.3 Å². The quantitative estimate of drug-likeness (QED) is 0.330. The first-order valence-corrected chi connectivity index (χ1v) is 11.1. The third-order valence-corrected chi connectivity index (χ3v) is 5.66. The van der Waals surface area contributed by atoms with Gasteiger partial charge < -0.3 is 20.4 Å². The Bertz CT molecular complexity index is 766. The molecule has 0 spiro atoms. The average Bonchev–Trinajstić information content (AvgIpc) is 3.18. The van der Waals surface area contributed by atoms with Crippen LogP contribution in [0.5, 0.6) is 0 Å². The number of carbonyl (C=O) groups excluding carboxylic acids is 2. The normalized spacial score (nSPS) is 19.3. The standard InChI is InChI=1S/C23H35N5O2.HI/c1-4-24-23(28-11-9-19(15-28)13-17(2)3)26-14-18-5-7-20(8-6-18)22(30)27-12-10-25-21(29)16-27;/h5-8,17,19H,4,9-16H2,1-3H3,(H,24,26)(H,25,29);1H. The fourth-order valence-electron chi connectivity index (χ4n) is 4.22. The highest BCUT2D eigenvalue weighted by molar-refractivity contribution is 14.0. The summed E-state index contributed by atoms with van der Waals surface area (Å²) in [6.07, 6.45) is 2.50. The van der Waals surface area contributed by atoms with Crippen LogP contribution in [0.2, 0.25) is 0 Å². The Hall–Kier alpha value is -1.84. The minimum atomic E-state index is -0.103. The molecule has 0 aliphatic carbocycles. The number of nitrogens with one attached hydrogen (secondary N) is 2. The summed E-state index contributed by atoms with van der Waals surface area (Å²) in [6, 6.07) is 7.58. The zero-order valence-electron chi connectivity index (χ0n) is 18.9. The maximum Gasteiger partial charge on any atom is 0.254 e. The molecule has 2 saturated heterocycles.